The number of carbonyl (C=O) groups is 2. The summed E-state index contributed by atoms with van der Waals surface area (Å²) in [5, 5.41) is 4.71. The quantitative estimate of drug-likeness (QED) is 0.543. The molecule has 0 aliphatic carbocycles. The lowest BCUT2D eigenvalue weighted by Gasteiger charge is -2.22. The van der Waals surface area contributed by atoms with Crippen LogP contribution in [0.4, 0.5) is 4.79 Å². The average molecular weight is 223 g/mol. The van der Waals surface area contributed by atoms with E-state index in [1.54, 1.807) is 10.9 Å². The number of amides is 3. The van der Waals surface area contributed by atoms with Crippen LogP contribution < -0.4 is 16.4 Å². The molecule has 16 heavy (non-hydrogen) atoms. The number of aryl methyl sites for hydroxylation is 1. The van der Waals surface area contributed by atoms with Gasteiger partial charge in [-0.15, -0.1) is 0 Å². The lowest BCUT2D eigenvalue weighted by atomic mass is 9.94. The molecule has 0 bridgehead atoms. The van der Waals surface area contributed by atoms with Crippen LogP contribution in [0.5, 0.6) is 0 Å². The molecule has 1 fully saturated rings. The number of imide groups is 1. The first-order chi connectivity index (χ1) is 7.51. The first kappa shape index (κ1) is 10.6. The molecule has 0 unspecified atom stereocenters. The summed E-state index contributed by atoms with van der Waals surface area (Å²) < 4.78 is 1.77. The molecule has 1 aromatic heterocycles. The number of imidazole rings is 1. The molecule has 0 spiro atoms. The lowest BCUT2D eigenvalue weighted by Crippen LogP contribution is -2.50. The number of urea groups is 1. The topological polar surface area (TPSA) is 102 Å². The Bertz CT molecular complexity index is 466. The average Bonchev–Trinajstić information content (AvgIpc) is 2.70. The number of hydrogen-bond acceptors (Lipinski definition) is 4. The van der Waals surface area contributed by atoms with E-state index in [-0.39, 0.29) is 6.54 Å². The maximum atomic E-state index is 11.8. The van der Waals surface area contributed by atoms with Crippen molar-refractivity contribution in [2.45, 2.75) is 12.5 Å². The summed E-state index contributed by atoms with van der Waals surface area (Å²) in [5.74, 6) is -0.457. The monoisotopic (exact) mass is 223 g/mol. The fourth-order valence-corrected chi connectivity index (χ4v) is 1.81. The van der Waals surface area contributed by atoms with E-state index in [9.17, 15) is 9.59 Å². The third-order valence-electron chi connectivity index (χ3n) is 2.88. The minimum atomic E-state index is -1.23. The van der Waals surface area contributed by atoms with Gasteiger partial charge in [0.25, 0.3) is 5.91 Å². The Morgan fingerprint density at radius 3 is 2.62 bits per heavy atom. The van der Waals surface area contributed by atoms with E-state index in [1.165, 1.54) is 0 Å². The molecule has 86 valence electrons. The minimum Gasteiger partial charge on any atom is -0.338 e. The van der Waals surface area contributed by atoms with Crippen LogP contribution in [-0.4, -0.2) is 28.0 Å². The molecular weight excluding hydrogens is 210 g/mol. The summed E-state index contributed by atoms with van der Waals surface area (Å²) >= 11 is 0. The van der Waals surface area contributed by atoms with Crippen molar-refractivity contribution in [3.63, 3.8) is 0 Å². The number of hydrogen-bond donors (Lipinski definition) is 3. The van der Waals surface area contributed by atoms with E-state index in [4.69, 9.17) is 5.73 Å². The summed E-state index contributed by atoms with van der Waals surface area (Å²) in [4.78, 5) is 27.1. The van der Waals surface area contributed by atoms with Gasteiger partial charge in [-0.2, -0.15) is 0 Å². The molecule has 0 radical (unpaired) electrons. The second kappa shape index (κ2) is 3.31. The van der Waals surface area contributed by atoms with E-state index >= 15 is 0 Å². The zero-order valence-electron chi connectivity index (χ0n) is 9.07. The van der Waals surface area contributed by atoms with Crippen molar-refractivity contribution in [1.29, 1.82) is 0 Å². The van der Waals surface area contributed by atoms with Gasteiger partial charge >= 0.3 is 6.03 Å². The predicted octanol–water partition coefficient (Wildman–Crippen LogP) is -1.28. The van der Waals surface area contributed by atoms with Gasteiger partial charge in [-0.25, -0.2) is 9.78 Å². The van der Waals surface area contributed by atoms with Gasteiger partial charge in [-0.1, -0.05) is 0 Å². The molecule has 1 aromatic rings. The summed E-state index contributed by atoms with van der Waals surface area (Å²) in [6.07, 6.45) is 1.58. The van der Waals surface area contributed by atoms with Crippen molar-refractivity contribution in [3.05, 3.63) is 17.7 Å². The van der Waals surface area contributed by atoms with Crippen LogP contribution in [0.3, 0.4) is 0 Å². The highest BCUT2D eigenvalue weighted by Gasteiger charge is 2.49. The fraction of sp³-hybridized carbons (Fsp3) is 0.444. The maximum absolute atomic E-state index is 11.8. The second-order valence-corrected chi connectivity index (χ2v) is 3.81. The third-order valence-corrected chi connectivity index (χ3v) is 2.88. The van der Waals surface area contributed by atoms with Crippen LogP contribution >= 0.6 is 0 Å². The molecule has 2 rings (SSSR count). The standard InChI is InChI=1S/C9H13N5O2/c1-5-6(11-4-14(5)2)9(3-10)7(15)12-8(16)13-9/h4H,3,10H2,1-2H3,(H2,12,13,15,16)/t9-/m1/s1. The van der Waals surface area contributed by atoms with Crippen LogP contribution in [0.2, 0.25) is 0 Å². The SMILES string of the molecule is Cc1c([C@@]2(CN)NC(=O)NC2=O)ncn1C. The van der Waals surface area contributed by atoms with Gasteiger partial charge in [0.1, 0.15) is 0 Å². The van der Waals surface area contributed by atoms with Crippen molar-refractivity contribution in [3.8, 4) is 0 Å². The summed E-state index contributed by atoms with van der Waals surface area (Å²) in [6, 6.07) is -0.541. The van der Waals surface area contributed by atoms with Gasteiger partial charge in [0.2, 0.25) is 0 Å². The van der Waals surface area contributed by atoms with Gasteiger partial charge in [0.15, 0.2) is 5.54 Å². The molecule has 3 amide bonds. The van der Waals surface area contributed by atoms with Gasteiger partial charge in [0.05, 0.1) is 12.0 Å². The number of nitrogens with one attached hydrogen (secondary N) is 2. The van der Waals surface area contributed by atoms with Crippen molar-refractivity contribution in [2.24, 2.45) is 12.8 Å². The highest BCUT2D eigenvalue weighted by Crippen LogP contribution is 2.24. The van der Waals surface area contributed by atoms with Gasteiger partial charge in [-0.3, -0.25) is 10.1 Å². The molecule has 2 heterocycles. The van der Waals surface area contributed by atoms with Gasteiger partial charge in [0, 0.05) is 19.3 Å². The fourth-order valence-electron chi connectivity index (χ4n) is 1.81. The summed E-state index contributed by atoms with van der Waals surface area (Å²) in [7, 11) is 1.81. The molecule has 0 saturated carbocycles. The third kappa shape index (κ3) is 1.21. The summed E-state index contributed by atoms with van der Waals surface area (Å²) in [6.45, 7) is 1.79. The van der Waals surface area contributed by atoms with Crippen molar-refractivity contribution >= 4 is 11.9 Å². The number of aromatic nitrogens is 2. The Labute approximate surface area is 92.0 Å². The number of nitrogens with two attached hydrogens (primary N) is 1. The molecule has 7 heteroatoms. The van der Waals surface area contributed by atoms with E-state index < -0.39 is 17.5 Å². The highest BCUT2D eigenvalue weighted by molar-refractivity contribution is 6.07. The lowest BCUT2D eigenvalue weighted by molar-refractivity contribution is -0.124. The van der Waals surface area contributed by atoms with Gasteiger partial charge in [-0.05, 0) is 6.92 Å². The molecule has 7 nitrogen and oxygen atoms in total. The first-order valence-corrected chi connectivity index (χ1v) is 4.83. The molecule has 1 aliphatic heterocycles. The molecule has 1 aliphatic rings. The van der Waals surface area contributed by atoms with Crippen molar-refractivity contribution in [2.75, 3.05) is 6.54 Å². The highest BCUT2D eigenvalue weighted by atomic mass is 16.2. The Morgan fingerprint density at radius 2 is 2.25 bits per heavy atom. The van der Waals surface area contributed by atoms with E-state index in [2.05, 4.69) is 15.6 Å². The number of nitrogens with zero attached hydrogens (tertiary/aromatic N) is 2. The van der Waals surface area contributed by atoms with Gasteiger partial charge < -0.3 is 15.6 Å². The molecule has 4 N–H and O–H groups in total. The smallest absolute Gasteiger partial charge is 0.322 e. The Balaban J connectivity index is 2.55. The van der Waals surface area contributed by atoms with Crippen LogP contribution in [0, 0.1) is 6.92 Å². The predicted molar refractivity (Wildman–Crippen MR) is 55.4 cm³/mol. The van der Waals surface area contributed by atoms with Crippen LogP contribution in [0.1, 0.15) is 11.4 Å². The molecule has 1 atom stereocenters. The van der Waals surface area contributed by atoms with Crippen LogP contribution in [0.15, 0.2) is 6.33 Å². The normalized spacial score (nSPS) is 24.4. The number of carbonyl (C=O) groups excluding carboxylic acids is 2. The Hall–Kier alpha value is -1.89. The van der Waals surface area contributed by atoms with Crippen molar-refractivity contribution in [1.82, 2.24) is 20.2 Å². The Morgan fingerprint density at radius 1 is 1.56 bits per heavy atom. The van der Waals surface area contributed by atoms with E-state index in [0.29, 0.717) is 5.69 Å². The van der Waals surface area contributed by atoms with Crippen LogP contribution in [0.25, 0.3) is 0 Å². The van der Waals surface area contributed by atoms with E-state index in [0.717, 1.165) is 5.69 Å². The van der Waals surface area contributed by atoms with Crippen LogP contribution in [-0.2, 0) is 17.4 Å². The summed E-state index contributed by atoms with van der Waals surface area (Å²) in [5.41, 5.74) is 5.65. The first-order valence-electron chi connectivity index (χ1n) is 4.83. The minimum absolute atomic E-state index is 0.0254. The molecule has 0 aromatic carbocycles. The second-order valence-electron chi connectivity index (χ2n) is 3.81. The molecular formula is C9H13N5O2. The van der Waals surface area contributed by atoms with E-state index in [1.807, 2.05) is 14.0 Å². The Kier molecular flexibility index (Phi) is 2.20. The maximum Gasteiger partial charge on any atom is 0.322 e. The zero-order valence-corrected chi connectivity index (χ0v) is 9.07. The number of rotatable bonds is 2. The van der Waals surface area contributed by atoms with Crippen molar-refractivity contribution < 1.29 is 9.59 Å². The largest absolute Gasteiger partial charge is 0.338 e. The molecule has 1 saturated heterocycles. The zero-order chi connectivity index (χ0) is 11.9.